The van der Waals surface area contributed by atoms with Crippen LogP contribution in [0.1, 0.15) is 53.9 Å². The van der Waals surface area contributed by atoms with Gasteiger partial charge >= 0.3 is 6.18 Å². The molecular weight excluding hydrogens is 277 g/mol. The summed E-state index contributed by atoms with van der Waals surface area (Å²) in [5, 5.41) is 3.58. The second-order valence-corrected chi connectivity index (χ2v) is 7.83. The summed E-state index contributed by atoms with van der Waals surface area (Å²) in [5.41, 5.74) is 0.0774. The minimum atomic E-state index is -4.04. The van der Waals surface area contributed by atoms with Crippen molar-refractivity contribution in [2.45, 2.75) is 72.1 Å². The van der Waals surface area contributed by atoms with Crippen molar-refractivity contribution in [2.24, 2.45) is 11.3 Å². The molecule has 1 rings (SSSR count). The fraction of sp³-hybridized carbons (Fsp3) is 1.00. The summed E-state index contributed by atoms with van der Waals surface area (Å²) in [6, 6.07) is 0.698. The Bertz CT molecular complexity index is 308. The lowest BCUT2D eigenvalue weighted by atomic mass is 9.83. The van der Waals surface area contributed by atoms with Crippen molar-refractivity contribution in [3.8, 4) is 0 Å². The summed E-state index contributed by atoms with van der Waals surface area (Å²) in [6.07, 6.45) is -3.44. The molecule has 1 aliphatic rings. The zero-order valence-electron chi connectivity index (χ0n) is 14.1. The van der Waals surface area contributed by atoms with E-state index in [9.17, 15) is 13.2 Å². The summed E-state index contributed by atoms with van der Waals surface area (Å²) in [5.74, 6) is 0.603. The van der Waals surface area contributed by atoms with Gasteiger partial charge in [0, 0.05) is 31.6 Å². The van der Waals surface area contributed by atoms with Crippen molar-refractivity contribution >= 4 is 0 Å². The van der Waals surface area contributed by atoms with Crippen LogP contribution in [-0.2, 0) is 0 Å². The average Bonchev–Trinajstić information content (AvgIpc) is 2.24. The molecule has 1 N–H and O–H groups in total. The van der Waals surface area contributed by atoms with Crippen molar-refractivity contribution in [3.05, 3.63) is 0 Å². The highest BCUT2D eigenvalue weighted by molar-refractivity contribution is 4.92. The lowest BCUT2D eigenvalue weighted by Crippen LogP contribution is -2.60. The van der Waals surface area contributed by atoms with Gasteiger partial charge in [0.05, 0.1) is 0 Å². The minimum Gasteiger partial charge on any atom is -0.311 e. The summed E-state index contributed by atoms with van der Waals surface area (Å²) >= 11 is 0. The van der Waals surface area contributed by atoms with Crippen LogP contribution in [0.4, 0.5) is 13.2 Å². The van der Waals surface area contributed by atoms with Crippen LogP contribution in [0.2, 0.25) is 0 Å². The molecule has 0 aromatic heterocycles. The van der Waals surface area contributed by atoms with Gasteiger partial charge in [-0.25, -0.2) is 0 Å². The zero-order valence-corrected chi connectivity index (χ0v) is 14.1. The third-order valence-electron chi connectivity index (χ3n) is 4.16. The summed E-state index contributed by atoms with van der Waals surface area (Å²) in [7, 11) is 0. The molecule has 1 aliphatic heterocycles. The van der Waals surface area contributed by atoms with Gasteiger partial charge in [-0.2, -0.15) is 13.2 Å². The van der Waals surface area contributed by atoms with E-state index in [-0.39, 0.29) is 11.8 Å². The Hall–Kier alpha value is -0.290. The van der Waals surface area contributed by atoms with E-state index in [1.54, 1.807) is 0 Å². The maximum Gasteiger partial charge on any atom is 0.389 e. The topological polar surface area (TPSA) is 15.3 Å². The van der Waals surface area contributed by atoms with Crippen LogP contribution >= 0.6 is 0 Å². The molecule has 2 unspecified atom stereocenters. The Morgan fingerprint density at radius 2 is 1.81 bits per heavy atom. The molecule has 5 heteroatoms. The van der Waals surface area contributed by atoms with Gasteiger partial charge in [-0.1, -0.05) is 34.6 Å². The maximum atomic E-state index is 12.4. The molecule has 0 radical (unpaired) electrons. The number of halogens is 3. The van der Waals surface area contributed by atoms with E-state index in [1.807, 2.05) is 0 Å². The summed E-state index contributed by atoms with van der Waals surface area (Å²) in [4.78, 5) is 2.27. The quantitative estimate of drug-likeness (QED) is 0.824. The van der Waals surface area contributed by atoms with Crippen LogP contribution in [-0.4, -0.2) is 42.8 Å². The first-order valence-electron chi connectivity index (χ1n) is 8.03. The lowest BCUT2D eigenvalue weighted by Gasteiger charge is -2.47. The molecule has 0 saturated carbocycles. The molecular formula is C16H31F3N2. The van der Waals surface area contributed by atoms with Gasteiger partial charge in [-0.3, -0.25) is 4.90 Å². The van der Waals surface area contributed by atoms with E-state index in [1.165, 1.54) is 0 Å². The second kappa shape index (κ2) is 7.32. The van der Waals surface area contributed by atoms with Gasteiger partial charge in [0.25, 0.3) is 0 Å². The fourth-order valence-electron chi connectivity index (χ4n) is 3.19. The van der Waals surface area contributed by atoms with Crippen molar-refractivity contribution in [1.82, 2.24) is 10.2 Å². The molecule has 0 aromatic carbocycles. The number of nitrogens with one attached hydrogen (secondary N) is 1. The number of nitrogens with zero attached hydrogens (tertiary/aromatic N) is 1. The standard InChI is InChI=1S/C16H31F3N2/c1-12(2)9-13-11-21(8-6-7-16(17,18)19)14(10-20-13)15(3,4)5/h12-14,20H,6-11H2,1-5H3. The smallest absolute Gasteiger partial charge is 0.311 e. The van der Waals surface area contributed by atoms with Gasteiger partial charge in [0.1, 0.15) is 0 Å². The monoisotopic (exact) mass is 308 g/mol. The molecule has 0 amide bonds. The Morgan fingerprint density at radius 3 is 2.29 bits per heavy atom. The summed E-state index contributed by atoms with van der Waals surface area (Å²) in [6.45, 7) is 13.1. The van der Waals surface area contributed by atoms with E-state index >= 15 is 0 Å². The number of alkyl halides is 3. The highest BCUT2D eigenvalue weighted by atomic mass is 19.4. The number of hydrogen-bond acceptors (Lipinski definition) is 2. The third kappa shape index (κ3) is 7.00. The molecule has 0 aliphatic carbocycles. The number of piperazine rings is 1. The molecule has 2 nitrogen and oxygen atoms in total. The number of hydrogen-bond donors (Lipinski definition) is 1. The van der Waals surface area contributed by atoms with Crippen LogP contribution < -0.4 is 5.32 Å². The second-order valence-electron chi connectivity index (χ2n) is 7.83. The average molecular weight is 308 g/mol. The highest BCUT2D eigenvalue weighted by Gasteiger charge is 2.36. The van der Waals surface area contributed by atoms with Gasteiger partial charge in [-0.05, 0) is 30.7 Å². The van der Waals surface area contributed by atoms with Crippen LogP contribution in [0.25, 0.3) is 0 Å². The largest absolute Gasteiger partial charge is 0.389 e. The SMILES string of the molecule is CC(C)CC1CN(CCCC(F)(F)F)C(C(C)(C)C)CN1. The van der Waals surface area contributed by atoms with Crippen LogP contribution in [0.5, 0.6) is 0 Å². The molecule has 0 spiro atoms. The molecule has 1 saturated heterocycles. The van der Waals surface area contributed by atoms with E-state index < -0.39 is 12.6 Å². The predicted octanol–water partition coefficient (Wildman–Crippen LogP) is 4.06. The molecule has 21 heavy (non-hydrogen) atoms. The van der Waals surface area contributed by atoms with Crippen molar-refractivity contribution < 1.29 is 13.2 Å². The van der Waals surface area contributed by atoms with Gasteiger partial charge in [-0.15, -0.1) is 0 Å². The van der Waals surface area contributed by atoms with Gasteiger partial charge in [0.15, 0.2) is 0 Å². The normalized spacial score (nSPS) is 25.6. The van der Waals surface area contributed by atoms with Crippen molar-refractivity contribution in [3.63, 3.8) is 0 Å². The van der Waals surface area contributed by atoms with E-state index in [0.717, 1.165) is 19.5 Å². The molecule has 2 atom stereocenters. The first-order valence-corrected chi connectivity index (χ1v) is 8.03. The Kier molecular flexibility index (Phi) is 6.54. The summed E-state index contributed by atoms with van der Waals surface area (Å²) < 4.78 is 37.1. The lowest BCUT2D eigenvalue weighted by molar-refractivity contribution is -0.136. The predicted molar refractivity (Wildman–Crippen MR) is 81.4 cm³/mol. The van der Waals surface area contributed by atoms with Crippen molar-refractivity contribution in [1.29, 1.82) is 0 Å². The first kappa shape index (κ1) is 18.8. The van der Waals surface area contributed by atoms with E-state index in [2.05, 4.69) is 44.8 Å². The molecule has 126 valence electrons. The molecule has 1 heterocycles. The molecule has 0 aromatic rings. The zero-order chi connectivity index (χ0) is 16.3. The van der Waals surface area contributed by atoms with Gasteiger partial charge < -0.3 is 5.32 Å². The minimum absolute atomic E-state index is 0.0774. The van der Waals surface area contributed by atoms with Crippen molar-refractivity contribution in [2.75, 3.05) is 19.6 Å². The molecule has 1 fully saturated rings. The number of rotatable bonds is 5. The highest BCUT2D eigenvalue weighted by Crippen LogP contribution is 2.29. The Balaban J connectivity index is 2.61. The van der Waals surface area contributed by atoms with E-state index in [4.69, 9.17) is 0 Å². The van der Waals surface area contributed by atoms with Crippen LogP contribution in [0.3, 0.4) is 0 Å². The van der Waals surface area contributed by atoms with Crippen LogP contribution in [0.15, 0.2) is 0 Å². The van der Waals surface area contributed by atoms with E-state index in [0.29, 0.717) is 24.5 Å². The van der Waals surface area contributed by atoms with Crippen LogP contribution in [0, 0.1) is 11.3 Å². The third-order valence-corrected chi connectivity index (χ3v) is 4.16. The Labute approximate surface area is 127 Å². The first-order chi connectivity index (χ1) is 9.49. The maximum absolute atomic E-state index is 12.4. The fourth-order valence-corrected chi connectivity index (χ4v) is 3.19. The Morgan fingerprint density at radius 1 is 1.19 bits per heavy atom. The molecule has 0 bridgehead atoms. The van der Waals surface area contributed by atoms with Gasteiger partial charge in [0.2, 0.25) is 0 Å².